The van der Waals surface area contributed by atoms with Crippen molar-refractivity contribution >= 4 is 0 Å². The SMILES string of the molecule is F[C](F)c1[c]cccc1. The van der Waals surface area contributed by atoms with Crippen molar-refractivity contribution in [1.29, 1.82) is 0 Å². The normalized spacial score (nSPS) is 10.1. The molecule has 0 saturated heterocycles. The molecular weight excluding hydrogens is 122 g/mol. The Morgan fingerprint density at radius 2 is 2.11 bits per heavy atom. The average Bonchev–Trinajstić information content (AvgIpc) is 1.90. The fourth-order valence-corrected chi connectivity index (χ4v) is 0.511. The topological polar surface area (TPSA) is 0 Å². The number of rotatable bonds is 1. The first kappa shape index (κ1) is 6.20. The summed E-state index contributed by atoms with van der Waals surface area (Å²) < 4.78 is 23.3. The number of benzene rings is 1. The third kappa shape index (κ3) is 1.49. The molecule has 0 fully saturated rings. The molecule has 0 spiro atoms. The highest BCUT2D eigenvalue weighted by Gasteiger charge is 2.06. The predicted molar refractivity (Wildman–Crippen MR) is 29.8 cm³/mol. The lowest BCUT2D eigenvalue weighted by molar-refractivity contribution is 0.324. The minimum atomic E-state index is -1.68. The third-order valence-corrected chi connectivity index (χ3v) is 0.913. The summed E-state index contributed by atoms with van der Waals surface area (Å²) in [5, 5.41) is 0. The van der Waals surface area contributed by atoms with Crippen molar-refractivity contribution in [1.82, 2.24) is 0 Å². The number of halogens is 2. The van der Waals surface area contributed by atoms with Gasteiger partial charge in [0.15, 0.2) is 0 Å². The highest BCUT2D eigenvalue weighted by atomic mass is 19.3. The molecule has 0 aromatic heterocycles. The molecule has 1 rings (SSSR count). The highest BCUT2D eigenvalue weighted by molar-refractivity contribution is 5.21. The smallest absolute Gasteiger partial charge is 0.194 e. The van der Waals surface area contributed by atoms with E-state index in [1.54, 1.807) is 12.1 Å². The van der Waals surface area contributed by atoms with E-state index in [-0.39, 0.29) is 5.56 Å². The molecule has 2 radical (unpaired) electrons. The van der Waals surface area contributed by atoms with E-state index in [9.17, 15) is 8.78 Å². The van der Waals surface area contributed by atoms with Crippen molar-refractivity contribution in [3.05, 3.63) is 42.3 Å². The maximum atomic E-state index is 11.7. The zero-order valence-corrected chi connectivity index (χ0v) is 4.57. The van der Waals surface area contributed by atoms with Gasteiger partial charge in [-0.15, -0.1) is 0 Å². The molecule has 0 bridgehead atoms. The second kappa shape index (κ2) is 2.58. The molecule has 0 unspecified atom stereocenters. The fourth-order valence-electron chi connectivity index (χ4n) is 0.511. The van der Waals surface area contributed by atoms with Crippen molar-refractivity contribution in [3.63, 3.8) is 0 Å². The first-order chi connectivity index (χ1) is 4.30. The second-order valence-corrected chi connectivity index (χ2v) is 1.54. The predicted octanol–water partition coefficient (Wildman–Crippen LogP) is 2.26. The van der Waals surface area contributed by atoms with Crippen LogP contribution in [0.5, 0.6) is 0 Å². The largest absolute Gasteiger partial charge is 0.340 e. The summed E-state index contributed by atoms with van der Waals surface area (Å²) in [6.45, 7) is 0. The summed E-state index contributed by atoms with van der Waals surface area (Å²) >= 11 is 0. The van der Waals surface area contributed by atoms with Crippen molar-refractivity contribution in [3.8, 4) is 0 Å². The van der Waals surface area contributed by atoms with Crippen LogP contribution in [0, 0.1) is 12.5 Å². The summed E-state index contributed by atoms with van der Waals surface area (Å²) in [6.07, 6.45) is -1.68. The molecule has 0 aliphatic rings. The Bertz CT molecular complexity index is 170. The van der Waals surface area contributed by atoms with E-state index < -0.39 is 6.43 Å². The summed E-state index contributed by atoms with van der Waals surface area (Å²) in [5.74, 6) is 0. The van der Waals surface area contributed by atoms with Gasteiger partial charge < -0.3 is 0 Å². The van der Waals surface area contributed by atoms with Crippen LogP contribution in [0.1, 0.15) is 5.56 Å². The lowest BCUT2D eigenvalue weighted by Gasteiger charge is -1.91. The summed E-state index contributed by atoms with van der Waals surface area (Å²) in [4.78, 5) is 0. The monoisotopic (exact) mass is 126 g/mol. The van der Waals surface area contributed by atoms with Gasteiger partial charge in [-0.05, 0) is 6.07 Å². The van der Waals surface area contributed by atoms with Gasteiger partial charge in [0.05, 0.1) is 0 Å². The van der Waals surface area contributed by atoms with Crippen LogP contribution in [0.15, 0.2) is 24.3 Å². The lowest BCUT2D eigenvalue weighted by Crippen LogP contribution is -1.81. The number of hydrogen-bond acceptors (Lipinski definition) is 0. The molecule has 1 aromatic carbocycles. The van der Waals surface area contributed by atoms with Gasteiger partial charge in [-0.1, -0.05) is 24.3 Å². The maximum absolute atomic E-state index is 11.7. The van der Waals surface area contributed by atoms with Gasteiger partial charge in [-0.25, -0.2) is 0 Å². The zero-order chi connectivity index (χ0) is 6.69. The van der Waals surface area contributed by atoms with Gasteiger partial charge in [0.25, 0.3) is 0 Å². The quantitative estimate of drug-likeness (QED) is 0.541. The van der Waals surface area contributed by atoms with Crippen LogP contribution in [-0.4, -0.2) is 0 Å². The molecule has 0 saturated carbocycles. The van der Waals surface area contributed by atoms with Gasteiger partial charge in [-0.3, -0.25) is 0 Å². The molecule has 0 amide bonds. The molecule has 0 nitrogen and oxygen atoms in total. The van der Waals surface area contributed by atoms with Crippen LogP contribution in [-0.2, 0) is 0 Å². The minimum absolute atomic E-state index is 0.127. The first-order valence-electron chi connectivity index (χ1n) is 2.46. The Labute approximate surface area is 52.1 Å². The average molecular weight is 126 g/mol. The van der Waals surface area contributed by atoms with Crippen LogP contribution in [0.2, 0.25) is 0 Å². The summed E-state index contributed by atoms with van der Waals surface area (Å²) in [7, 11) is 0. The van der Waals surface area contributed by atoms with Gasteiger partial charge in [-0.2, -0.15) is 8.78 Å². The van der Waals surface area contributed by atoms with E-state index in [0.717, 1.165) is 0 Å². The van der Waals surface area contributed by atoms with Crippen LogP contribution in [0.4, 0.5) is 8.78 Å². The molecule has 2 heteroatoms. The molecule has 9 heavy (non-hydrogen) atoms. The molecular formula is C7H4F2. The van der Waals surface area contributed by atoms with E-state index >= 15 is 0 Å². The fraction of sp³-hybridized carbons (Fsp3) is 0. The van der Waals surface area contributed by atoms with Gasteiger partial charge >= 0.3 is 6.43 Å². The van der Waals surface area contributed by atoms with Crippen molar-refractivity contribution in [2.45, 2.75) is 0 Å². The van der Waals surface area contributed by atoms with Crippen LogP contribution in [0.3, 0.4) is 0 Å². The lowest BCUT2D eigenvalue weighted by atomic mass is 10.2. The zero-order valence-electron chi connectivity index (χ0n) is 4.57. The van der Waals surface area contributed by atoms with E-state index in [1.165, 1.54) is 12.1 Å². The van der Waals surface area contributed by atoms with Crippen LogP contribution >= 0.6 is 0 Å². The maximum Gasteiger partial charge on any atom is 0.340 e. The van der Waals surface area contributed by atoms with E-state index in [4.69, 9.17) is 0 Å². The van der Waals surface area contributed by atoms with Gasteiger partial charge in [0, 0.05) is 5.56 Å². The Morgan fingerprint density at radius 1 is 1.33 bits per heavy atom. The number of hydrogen-bond donors (Lipinski definition) is 0. The minimum Gasteiger partial charge on any atom is -0.194 e. The first-order valence-corrected chi connectivity index (χ1v) is 2.46. The molecule has 1 aromatic rings. The van der Waals surface area contributed by atoms with E-state index in [0.29, 0.717) is 0 Å². The Kier molecular flexibility index (Phi) is 1.78. The third-order valence-electron chi connectivity index (χ3n) is 0.913. The standard InChI is InChI=1S/C7H4F2/c8-7(9)6-4-2-1-3-5-6/h1-4H. The van der Waals surface area contributed by atoms with Gasteiger partial charge in [0.2, 0.25) is 0 Å². The van der Waals surface area contributed by atoms with Crippen molar-refractivity contribution < 1.29 is 8.78 Å². The van der Waals surface area contributed by atoms with E-state index in [2.05, 4.69) is 6.07 Å². The van der Waals surface area contributed by atoms with Crippen LogP contribution < -0.4 is 0 Å². The molecule has 0 atom stereocenters. The second-order valence-electron chi connectivity index (χ2n) is 1.54. The molecule has 0 aliphatic carbocycles. The summed E-state index contributed by atoms with van der Waals surface area (Å²) in [6, 6.07) is 8.34. The molecule has 46 valence electrons. The van der Waals surface area contributed by atoms with E-state index in [1.807, 2.05) is 0 Å². The Balaban J connectivity index is 2.85. The van der Waals surface area contributed by atoms with Crippen molar-refractivity contribution in [2.24, 2.45) is 0 Å². The van der Waals surface area contributed by atoms with Gasteiger partial charge in [0.1, 0.15) is 0 Å². The Morgan fingerprint density at radius 3 is 2.44 bits per heavy atom. The highest BCUT2D eigenvalue weighted by Crippen LogP contribution is 2.14. The van der Waals surface area contributed by atoms with Crippen molar-refractivity contribution in [2.75, 3.05) is 0 Å². The summed E-state index contributed by atoms with van der Waals surface area (Å²) in [5.41, 5.74) is -0.127. The molecule has 0 heterocycles. The van der Waals surface area contributed by atoms with Crippen LogP contribution in [0.25, 0.3) is 0 Å². The molecule has 0 N–H and O–H groups in total. The Hall–Kier alpha value is -0.920. The molecule has 0 aliphatic heterocycles.